The Balaban J connectivity index is 2.23. The highest BCUT2D eigenvalue weighted by Gasteiger charge is 2.27. The summed E-state index contributed by atoms with van der Waals surface area (Å²) in [5, 5.41) is 3.30. The summed E-state index contributed by atoms with van der Waals surface area (Å²) < 4.78 is 0. The van der Waals surface area contributed by atoms with Gasteiger partial charge in [-0.05, 0) is 16.5 Å². The van der Waals surface area contributed by atoms with Crippen LogP contribution in [0, 0.1) is 0 Å². The maximum absolute atomic E-state index is 11.8. The molecule has 1 atom stereocenters. The summed E-state index contributed by atoms with van der Waals surface area (Å²) in [7, 11) is 0. The van der Waals surface area contributed by atoms with Crippen LogP contribution in [0.5, 0.6) is 0 Å². The van der Waals surface area contributed by atoms with Crippen molar-refractivity contribution in [3.8, 4) is 0 Å². The fraction of sp³-hybridized carbons (Fsp3) is 0.562. The maximum Gasteiger partial charge on any atom is 0.239 e. The Labute approximate surface area is 121 Å². The maximum atomic E-state index is 11.8. The Morgan fingerprint density at radius 1 is 1.20 bits per heavy atom. The van der Waals surface area contributed by atoms with Crippen molar-refractivity contribution >= 4 is 5.91 Å². The van der Waals surface area contributed by atoms with Crippen LogP contribution in [0.2, 0.25) is 0 Å². The molecule has 1 fully saturated rings. The summed E-state index contributed by atoms with van der Waals surface area (Å²) in [5.41, 5.74) is 8.00. The number of amides is 1. The molecule has 0 bridgehead atoms. The van der Waals surface area contributed by atoms with Gasteiger partial charge in [0.05, 0.1) is 0 Å². The smallest absolute Gasteiger partial charge is 0.239 e. The van der Waals surface area contributed by atoms with Crippen molar-refractivity contribution < 1.29 is 4.79 Å². The van der Waals surface area contributed by atoms with E-state index < -0.39 is 0 Å². The van der Waals surface area contributed by atoms with E-state index in [-0.39, 0.29) is 17.4 Å². The minimum absolute atomic E-state index is 0.121. The van der Waals surface area contributed by atoms with Crippen molar-refractivity contribution in [3.63, 3.8) is 0 Å². The lowest BCUT2D eigenvalue weighted by Crippen LogP contribution is -2.48. The third kappa shape index (κ3) is 3.38. The summed E-state index contributed by atoms with van der Waals surface area (Å²) in [6.45, 7) is 10.1. The number of nitrogens with one attached hydrogen (secondary N) is 1. The first kappa shape index (κ1) is 15.0. The predicted octanol–water partition coefficient (Wildman–Crippen LogP) is 1.42. The zero-order chi connectivity index (χ0) is 14.8. The number of carbonyl (C=O) groups excluding carboxylic acids is 1. The van der Waals surface area contributed by atoms with Crippen LogP contribution in [-0.4, -0.2) is 37.0 Å². The molecule has 0 aliphatic carbocycles. The van der Waals surface area contributed by atoms with Gasteiger partial charge in [-0.2, -0.15) is 0 Å². The number of hydrogen-bond donors (Lipinski definition) is 2. The van der Waals surface area contributed by atoms with Crippen LogP contribution < -0.4 is 11.1 Å². The molecular formula is C16H25N3O. The van der Waals surface area contributed by atoms with Gasteiger partial charge < -0.3 is 11.1 Å². The molecule has 4 nitrogen and oxygen atoms in total. The zero-order valence-electron chi connectivity index (χ0n) is 12.6. The molecule has 0 saturated carbocycles. The number of nitrogens with zero attached hydrogens (tertiary/aromatic N) is 1. The van der Waals surface area contributed by atoms with Crippen LogP contribution in [0.25, 0.3) is 0 Å². The number of primary amides is 1. The lowest BCUT2D eigenvalue weighted by atomic mass is 9.86. The molecule has 3 N–H and O–H groups in total. The Morgan fingerprint density at radius 2 is 1.75 bits per heavy atom. The van der Waals surface area contributed by atoms with Crippen molar-refractivity contribution in [3.05, 3.63) is 35.4 Å². The Hall–Kier alpha value is -1.39. The van der Waals surface area contributed by atoms with Crippen LogP contribution in [0.3, 0.4) is 0 Å². The second-order valence-corrected chi connectivity index (χ2v) is 6.46. The van der Waals surface area contributed by atoms with Crippen LogP contribution in [0.1, 0.15) is 37.9 Å². The first-order chi connectivity index (χ1) is 9.39. The quantitative estimate of drug-likeness (QED) is 0.877. The highest BCUT2D eigenvalue weighted by Crippen LogP contribution is 2.26. The fourth-order valence-corrected chi connectivity index (χ4v) is 2.66. The molecule has 1 amide bonds. The molecule has 1 aromatic carbocycles. The number of benzene rings is 1. The van der Waals surface area contributed by atoms with Gasteiger partial charge in [-0.1, -0.05) is 45.0 Å². The lowest BCUT2D eigenvalue weighted by Gasteiger charge is -2.33. The second kappa shape index (κ2) is 5.94. The van der Waals surface area contributed by atoms with Gasteiger partial charge in [-0.15, -0.1) is 0 Å². The highest BCUT2D eigenvalue weighted by molar-refractivity contribution is 5.81. The van der Waals surface area contributed by atoms with Crippen LogP contribution in [0.4, 0.5) is 0 Å². The summed E-state index contributed by atoms with van der Waals surface area (Å²) in [4.78, 5) is 14.0. The molecule has 0 radical (unpaired) electrons. The molecule has 1 unspecified atom stereocenters. The second-order valence-electron chi connectivity index (χ2n) is 6.46. The standard InChI is InChI=1S/C16H25N3O/c1-16(2,3)13-6-4-12(5-7-13)14(15(17)20)19-10-8-18-9-11-19/h4-7,14,18H,8-11H2,1-3H3,(H2,17,20). The topological polar surface area (TPSA) is 58.4 Å². The van der Waals surface area contributed by atoms with Gasteiger partial charge in [-0.25, -0.2) is 0 Å². The van der Waals surface area contributed by atoms with E-state index in [0.29, 0.717) is 0 Å². The van der Waals surface area contributed by atoms with E-state index in [9.17, 15) is 4.79 Å². The molecule has 0 spiro atoms. The molecule has 1 aromatic rings. The molecule has 1 aliphatic rings. The molecule has 20 heavy (non-hydrogen) atoms. The van der Waals surface area contributed by atoms with Crippen molar-refractivity contribution in [2.24, 2.45) is 5.73 Å². The van der Waals surface area contributed by atoms with Crippen molar-refractivity contribution in [1.82, 2.24) is 10.2 Å². The molecule has 110 valence electrons. The van der Waals surface area contributed by atoms with Gasteiger partial charge >= 0.3 is 0 Å². The monoisotopic (exact) mass is 275 g/mol. The van der Waals surface area contributed by atoms with Crippen molar-refractivity contribution in [2.75, 3.05) is 26.2 Å². The number of rotatable bonds is 3. The Kier molecular flexibility index (Phi) is 4.45. The molecule has 2 rings (SSSR count). The first-order valence-electron chi connectivity index (χ1n) is 7.24. The van der Waals surface area contributed by atoms with E-state index >= 15 is 0 Å². The van der Waals surface area contributed by atoms with Crippen molar-refractivity contribution in [2.45, 2.75) is 32.2 Å². The summed E-state index contributed by atoms with van der Waals surface area (Å²) >= 11 is 0. The number of nitrogens with two attached hydrogens (primary N) is 1. The molecule has 0 aromatic heterocycles. The number of piperazine rings is 1. The average Bonchev–Trinajstić information content (AvgIpc) is 2.39. The SMILES string of the molecule is CC(C)(C)c1ccc(C(C(N)=O)N2CCNCC2)cc1. The normalized spacial score (nSPS) is 18.8. The van der Waals surface area contributed by atoms with Crippen LogP contribution in [-0.2, 0) is 10.2 Å². The Morgan fingerprint density at radius 3 is 2.20 bits per heavy atom. The van der Waals surface area contributed by atoms with Gasteiger partial charge in [0, 0.05) is 26.2 Å². The molecule has 4 heteroatoms. The number of hydrogen-bond acceptors (Lipinski definition) is 3. The van der Waals surface area contributed by atoms with Gasteiger partial charge in [0.25, 0.3) is 0 Å². The lowest BCUT2D eigenvalue weighted by molar-refractivity contribution is -0.123. The van der Waals surface area contributed by atoms with E-state index in [1.807, 2.05) is 12.1 Å². The van der Waals surface area contributed by atoms with Gasteiger partial charge in [0.2, 0.25) is 5.91 Å². The fourth-order valence-electron chi connectivity index (χ4n) is 2.66. The van der Waals surface area contributed by atoms with Crippen LogP contribution >= 0.6 is 0 Å². The van der Waals surface area contributed by atoms with Crippen molar-refractivity contribution in [1.29, 1.82) is 0 Å². The van der Waals surface area contributed by atoms with Gasteiger partial charge in [-0.3, -0.25) is 9.69 Å². The summed E-state index contributed by atoms with van der Waals surface area (Å²) in [5.74, 6) is -0.268. The highest BCUT2D eigenvalue weighted by atomic mass is 16.1. The average molecular weight is 275 g/mol. The van der Waals surface area contributed by atoms with E-state index in [1.165, 1.54) is 5.56 Å². The van der Waals surface area contributed by atoms with Crippen LogP contribution in [0.15, 0.2) is 24.3 Å². The Bertz CT molecular complexity index is 456. The van der Waals surface area contributed by atoms with Gasteiger partial charge in [0.15, 0.2) is 0 Å². The number of carbonyl (C=O) groups is 1. The minimum Gasteiger partial charge on any atom is -0.368 e. The van der Waals surface area contributed by atoms with Gasteiger partial charge in [0.1, 0.15) is 6.04 Å². The van der Waals surface area contributed by atoms with E-state index in [2.05, 4.69) is 43.1 Å². The zero-order valence-corrected chi connectivity index (χ0v) is 12.6. The minimum atomic E-state index is -0.314. The molecule has 1 heterocycles. The van der Waals surface area contributed by atoms with E-state index in [4.69, 9.17) is 5.73 Å². The third-order valence-corrected chi connectivity index (χ3v) is 3.88. The van der Waals surface area contributed by atoms with E-state index in [1.54, 1.807) is 0 Å². The third-order valence-electron chi connectivity index (χ3n) is 3.88. The molecule has 1 saturated heterocycles. The largest absolute Gasteiger partial charge is 0.368 e. The molecular weight excluding hydrogens is 250 g/mol. The first-order valence-corrected chi connectivity index (χ1v) is 7.24. The molecule has 1 aliphatic heterocycles. The van der Waals surface area contributed by atoms with E-state index in [0.717, 1.165) is 31.7 Å². The summed E-state index contributed by atoms with van der Waals surface area (Å²) in [6.07, 6.45) is 0. The summed E-state index contributed by atoms with van der Waals surface area (Å²) in [6, 6.07) is 7.97. The predicted molar refractivity (Wildman–Crippen MR) is 81.5 cm³/mol.